The fraction of sp³-hybridized carbons (Fsp3) is 0.833. The molecule has 0 saturated carbocycles. The van der Waals surface area contributed by atoms with Crippen LogP contribution in [0.4, 0.5) is 4.79 Å². The smallest absolute Gasteiger partial charge is 0.326 e. The summed E-state index contributed by atoms with van der Waals surface area (Å²) in [6.45, 7) is 0.968. The van der Waals surface area contributed by atoms with E-state index in [4.69, 9.17) is 0 Å². The van der Waals surface area contributed by atoms with Gasteiger partial charge in [0.1, 0.15) is 6.04 Å². The molecule has 8 nitrogen and oxygen atoms in total. The van der Waals surface area contributed by atoms with Crippen molar-refractivity contribution in [1.29, 1.82) is 0 Å². The van der Waals surface area contributed by atoms with Gasteiger partial charge in [-0.15, -0.1) is 0 Å². The molecule has 21 heavy (non-hydrogen) atoms. The van der Waals surface area contributed by atoms with E-state index in [1.54, 1.807) is 0 Å². The van der Waals surface area contributed by atoms with Gasteiger partial charge in [0.15, 0.2) is 0 Å². The zero-order valence-corrected chi connectivity index (χ0v) is 13.0. The quantitative estimate of drug-likeness (QED) is 0.594. The SMILES string of the molecule is CS(=O)(=O)NCCCNC(=O)N1CCCCCC1C(=O)O. The number of nitrogens with one attached hydrogen (secondary N) is 2. The van der Waals surface area contributed by atoms with Gasteiger partial charge in [0.2, 0.25) is 10.0 Å². The summed E-state index contributed by atoms with van der Waals surface area (Å²) >= 11 is 0. The van der Waals surface area contributed by atoms with Gasteiger partial charge in [0, 0.05) is 19.6 Å². The van der Waals surface area contributed by atoms with Gasteiger partial charge in [0.05, 0.1) is 6.26 Å². The van der Waals surface area contributed by atoms with E-state index in [1.165, 1.54) is 4.90 Å². The van der Waals surface area contributed by atoms with E-state index in [2.05, 4.69) is 10.0 Å². The molecule has 0 aromatic rings. The Labute approximate surface area is 124 Å². The van der Waals surface area contributed by atoms with Gasteiger partial charge in [-0.05, 0) is 19.3 Å². The van der Waals surface area contributed by atoms with Crippen molar-refractivity contribution in [2.75, 3.05) is 25.9 Å². The number of carbonyl (C=O) groups excluding carboxylic acids is 1. The molecule has 2 amide bonds. The van der Waals surface area contributed by atoms with Crippen LogP contribution in [0.5, 0.6) is 0 Å². The number of carboxylic acids is 1. The van der Waals surface area contributed by atoms with E-state index in [0.29, 0.717) is 25.9 Å². The third-order valence-corrected chi connectivity index (χ3v) is 4.02. The lowest BCUT2D eigenvalue weighted by Crippen LogP contribution is -2.49. The minimum Gasteiger partial charge on any atom is -0.480 e. The number of nitrogens with zero attached hydrogens (tertiary/aromatic N) is 1. The number of hydrogen-bond acceptors (Lipinski definition) is 4. The second-order valence-corrected chi connectivity index (χ2v) is 6.98. The third kappa shape index (κ3) is 6.76. The Kier molecular flexibility index (Phi) is 6.90. The van der Waals surface area contributed by atoms with Crippen LogP contribution in [0.3, 0.4) is 0 Å². The average Bonchev–Trinajstić information content (AvgIpc) is 2.62. The van der Waals surface area contributed by atoms with Crippen LogP contribution in [0.15, 0.2) is 0 Å². The zero-order chi connectivity index (χ0) is 15.9. The van der Waals surface area contributed by atoms with Gasteiger partial charge in [0.25, 0.3) is 0 Å². The molecule has 1 fully saturated rings. The molecule has 0 aromatic carbocycles. The molecule has 9 heteroatoms. The molecule has 3 N–H and O–H groups in total. The molecule has 1 aliphatic rings. The molecule has 1 unspecified atom stereocenters. The van der Waals surface area contributed by atoms with Crippen molar-refractivity contribution in [1.82, 2.24) is 14.9 Å². The van der Waals surface area contributed by atoms with E-state index >= 15 is 0 Å². The fourth-order valence-corrected chi connectivity index (χ4v) is 2.77. The van der Waals surface area contributed by atoms with Crippen LogP contribution in [-0.2, 0) is 14.8 Å². The average molecular weight is 321 g/mol. The van der Waals surface area contributed by atoms with Gasteiger partial charge in [-0.2, -0.15) is 0 Å². The summed E-state index contributed by atoms with van der Waals surface area (Å²) in [5.41, 5.74) is 0. The number of rotatable bonds is 6. The maximum absolute atomic E-state index is 12.0. The summed E-state index contributed by atoms with van der Waals surface area (Å²) in [7, 11) is -3.22. The number of hydrogen-bond donors (Lipinski definition) is 3. The molecule has 0 spiro atoms. The second-order valence-electron chi connectivity index (χ2n) is 5.15. The molecule has 0 aromatic heterocycles. The van der Waals surface area contributed by atoms with Crippen molar-refractivity contribution in [3.05, 3.63) is 0 Å². The highest BCUT2D eigenvalue weighted by Crippen LogP contribution is 2.17. The van der Waals surface area contributed by atoms with Gasteiger partial charge < -0.3 is 15.3 Å². The van der Waals surface area contributed by atoms with Crippen molar-refractivity contribution in [2.24, 2.45) is 0 Å². The molecule has 0 radical (unpaired) electrons. The van der Waals surface area contributed by atoms with E-state index in [1.807, 2.05) is 0 Å². The predicted octanol–water partition coefficient (Wildman–Crippen LogP) is -0.0355. The number of amides is 2. The van der Waals surface area contributed by atoms with Gasteiger partial charge in [-0.25, -0.2) is 22.7 Å². The first kappa shape index (κ1) is 17.7. The first-order valence-electron chi connectivity index (χ1n) is 7.03. The molecule has 1 aliphatic heterocycles. The van der Waals surface area contributed by atoms with Gasteiger partial charge >= 0.3 is 12.0 Å². The zero-order valence-electron chi connectivity index (χ0n) is 12.2. The van der Waals surface area contributed by atoms with Crippen molar-refractivity contribution in [3.8, 4) is 0 Å². The summed E-state index contributed by atoms with van der Waals surface area (Å²) < 4.78 is 24.0. The highest BCUT2D eigenvalue weighted by atomic mass is 32.2. The summed E-state index contributed by atoms with van der Waals surface area (Å²) in [4.78, 5) is 24.6. The van der Waals surface area contributed by atoms with E-state index in [9.17, 15) is 23.1 Å². The van der Waals surface area contributed by atoms with Crippen LogP contribution < -0.4 is 10.0 Å². The number of aliphatic carboxylic acids is 1. The van der Waals surface area contributed by atoms with Crippen molar-refractivity contribution in [3.63, 3.8) is 0 Å². The largest absolute Gasteiger partial charge is 0.480 e. The molecule has 0 aliphatic carbocycles. The Morgan fingerprint density at radius 3 is 2.57 bits per heavy atom. The number of likely N-dealkylation sites (tertiary alicyclic amines) is 1. The van der Waals surface area contributed by atoms with E-state index in [-0.39, 0.29) is 6.54 Å². The molecular weight excluding hydrogens is 298 g/mol. The minimum absolute atomic E-state index is 0.238. The lowest BCUT2D eigenvalue weighted by atomic mass is 10.1. The molecule has 1 atom stereocenters. The topological polar surface area (TPSA) is 116 Å². The highest BCUT2D eigenvalue weighted by Gasteiger charge is 2.30. The number of carboxylic acid groups (broad SMARTS) is 1. The molecule has 1 rings (SSSR count). The maximum atomic E-state index is 12.0. The molecule has 0 bridgehead atoms. The van der Waals surface area contributed by atoms with Crippen LogP contribution in [0.2, 0.25) is 0 Å². The van der Waals surface area contributed by atoms with Crippen LogP contribution in [0.25, 0.3) is 0 Å². The lowest BCUT2D eigenvalue weighted by Gasteiger charge is -2.27. The first-order valence-corrected chi connectivity index (χ1v) is 8.92. The Morgan fingerprint density at radius 1 is 1.24 bits per heavy atom. The third-order valence-electron chi connectivity index (χ3n) is 3.29. The Balaban J connectivity index is 2.39. The fourth-order valence-electron chi connectivity index (χ4n) is 2.25. The summed E-state index contributed by atoms with van der Waals surface area (Å²) in [6, 6.07) is -1.18. The van der Waals surface area contributed by atoms with Crippen LogP contribution in [-0.4, -0.2) is 62.4 Å². The number of sulfonamides is 1. The van der Waals surface area contributed by atoms with Crippen LogP contribution in [0, 0.1) is 0 Å². The van der Waals surface area contributed by atoms with Crippen molar-refractivity contribution < 1.29 is 23.1 Å². The first-order chi connectivity index (χ1) is 9.81. The molecule has 1 saturated heterocycles. The van der Waals surface area contributed by atoms with Crippen LogP contribution >= 0.6 is 0 Å². The number of urea groups is 1. The normalized spacial score (nSPS) is 19.9. The van der Waals surface area contributed by atoms with Crippen LogP contribution in [0.1, 0.15) is 32.1 Å². The Morgan fingerprint density at radius 2 is 1.95 bits per heavy atom. The highest BCUT2D eigenvalue weighted by molar-refractivity contribution is 7.88. The molecular formula is C12H23N3O5S. The number of carbonyl (C=O) groups is 2. The van der Waals surface area contributed by atoms with Crippen molar-refractivity contribution in [2.45, 2.75) is 38.1 Å². The monoisotopic (exact) mass is 321 g/mol. The minimum atomic E-state index is -3.22. The summed E-state index contributed by atoms with van der Waals surface area (Å²) in [6.07, 6.45) is 4.51. The van der Waals surface area contributed by atoms with Gasteiger partial charge in [-0.3, -0.25) is 0 Å². The maximum Gasteiger partial charge on any atom is 0.326 e. The molecule has 122 valence electrons. The molecule has 1 heterocycles. The Hall–Kier alpha value is -1.35. The predicted molar refractivity (Wildman–Crippen MR) is 77.5 cm³/mol. The summed E-state index contributed by atoms with van der Waals surface area (Å²) in [5, 5.41) is 11.8. The van der Waals surface area contributed by atoms with E-state index < -0.39 is 28.1 Å². The van der Waals surface area contributed by atoms with Crippen molar-refractivity contribution >= 4 is 22.0 Å². The standard InChI is InChI=1S/C12H23N3O5S/c1-21(19,20)14-8-5-7-13-12(18)15-9-4-2-3-6-10(15)11(16)17/h10,14H,2-9H2,1H3,(H,13,18)(H,16,17). The second kappa shape index (κ2) is 8.18. The van der Waals surface area contributed by atoms with Gasteiger partial charge in [-0.1, -0.05) is 12.8 Å². The van der Waals surface area contributed by atoms with E-state index in [0.717, 1.165) is 25.5 Å². The lowest BCUT2D eigenvalue weighted by molar-refractivity contribution is -0.142. The summed E-state index contributed by atoms with van der Waals surface area (Å²) in [5.74, 6) is -0.981. The Bertz CT molecular complexity index is 466.